The van der Waals surface area contributed by atoms with Gasteiger partial charge in [0.15, 0.2) is 0 Å². The number of hydrogen-bond donors (Lipinski definition) is 0. The molecule has 0 bridgehead atoms. The van der Waals surface area contributed by atoms with Crippen LogP contribution >= 0.6 is 0 Å². The zero-order valence-electron chi connectivity index (χ0n) is 31.3. The van der Waals surface area contributed by atoms with Crippen LogP contribution in [0.4, 0.5) is 0 Å². The van der Waals surface area contributed by atoms with Crippen molar-refractivity contribution in [2.45, 2.75) is 0 Å². The minimum atomic E-state index is 0.877. The topological polar surface area (TPSA) is 18.5 Å². The molecule has 11 aromatic rings. The summed E-state index contributed by atoms with van der Waals surface area (Å²) in [6.07, 6.45) is 0. The van der Waals surface area contributed by atoms with Gasteiger partial charge in [-0.1, -0.05) is 146 Å². The molecule has 0 saturated carbocycles. The molecule has 0 saturated heterocycles. The summed E-state index contributed by atoms with van der Waals surface area (Å²) in [5, 5.41) is 11.9. The van der Waals surface area contributed by atoms with E-state index in [0.717, 1.165) is 45.1 Å². The van der Waals surface area contributed by atoms with Gasteiger partial charge in [-0.15, -0.1) is 0 Å². The van der Waals surface area contributed by atoms with Gasteiger partial charge < -0.3 is 9.47 Å². The predicted octanol–water partition coefficient (Wildman–Crippen LogP) is 16.0. The van der Waals surface area contributed by atoms with E-state index in [4.69, 9.17) is 9.47 Å². The van der Waals surface area contributed by atoms with Crippen LogP contribution in [0.15, 0.2) is 194 Å². The van der Waals surface area contributed by atoms with E-state index in [-0.39, 0.29) is 0 Å². The highest BCUT2D eigenvalue weighted by atomic mass is 16.5. The summed E-state index contributed by atoms with van der Waals surface area (Å²) >= 11 is 0. The Kier molecular flexibility index (Phi) is 6.47. The van der Waals surface area contributed by atoms with Crippen molar-refractivity contribution < 1.29 is 9.47 Å². The maximum Gasteiger partial charge on any atom is 0.135 e. The lowest BCUT2D eigenvalue weighted by Gasteiger charge is -2.24. The van der Waals surface area contributed by atoms with Gasteiger partial charge in [0.2, 0.25) is 0 Å². The first-order valence-electron chi connectivity index (χ1n) is 19.9. The highest BCUT2D eigenvalue weighted by Crippen LogP contribution is 2.53. The zero-order chi connectivity index (χ0) is 37.9. The predicted molar refractivity (Wildman–Crippen MR) is 241 cm³/mol. The molecule has 0 radical (unpaired) electrons. The summed E-state index contributed by atoms with van der Waals surface area (Å²) in [5.74, 6) is 3.56. The summed E-state index contributed by atoms with van der Waals surface area (Å²) < 4.78 is 13.3. The summed E-state index contributed by atoms with van der Waals surface area (Å²) in [4.78, 5) is 0. The average Bonchev–Trinajstić information content (AvgIpc) is 3.28. The first-order valence-corrected chi connectivity index (χ1v) is 19.9. The van der Waals surface area contributed by atoms with Crippen molar-refractivity contribution in [3.8, 4) is 78.6 Å². The molecule has 2 heteroatoms. The Balaban J connectivity index is 1.11. The minimum absolute atomic E-state index is 0.877. The third-order valence-corrected chi connectivity index (χ3v) is 12.4. The van der Waals surface area contributed by atoms with Crippen molar-refractivity contribution >= 4 is 53.9 Å². The number of rotatable bonds is 3. The van der Waals surface area contributed by atoms with E-state index in [2.05, 4.69) is 188 Å². The van der Waals surface area contributed by atoms with E-state index in [9.17, 15) is 0 Å². The standard InChI is InChI=1S/C56H32O2/c1-2-11-35-30-36(23-22-33(35)10-1)37-24-27-47-48(31-37)55(46-28-29-51-56-42(18-9-19-45(46)56)39-14-5-6-20-49(39)57-51)44-16-4-3-15-43(44)53(47)38-25-26-40-41-17-7-12-34-13-8-21-50(54(34)41)58-52(40)32-38/h1-32H. The molecular weight excluding hydrogens is 705 g/mol. The van der Waals surface area contributed by atoms with Crippen molar-refractivity contribution in [1.82, 2.24) is 0 Å². The van der Waals surface area contributed by atoms with Gasteiger partial charge in [-0.2, -0.15) is 0 Å². The van der Waals surface area contributed by atoms with Crippen LogP contribution in [-0.2, 0) is 0 Å². The van der Waals surface area contributed by atoms with Crippen LogP contribution in [0.1, 0.15) is 0 Å². The number of para-hydroxylation sites is 1. The molecule has 268 valence electrons. The fourth-order valence-electron chi connectivity index (χ4n) is 9.85. The largest absolute Gasteiger partial charge is 0.456 e. The highest BCUT2D eigenvalue weighted by Gasteiger charge is 2.26. The molecule has 0 aliphatic carbocycles. The maximum atomic E-state index is 6.74. The van der Waals surface area contributed by atoms with Crippen molar-refractivity contribution in [1.29, 1.82) is 0 Å². The van der Waals surface area contributed by atoms with Gasteiger partial charge in [0.05, 0.1) is 0 Å². The van der Waals surface area contributed by atoms with Crippen LogP contribution in [-0.4, -0.2) is 0 Å². The Morgan fingerprint density at radius 2 is 0.810 bits per heavy atom. The number of benzene rings is 11. The van der Waals surface area contributed by atoms with Crippen LogP contribution in [0.5, 0.6) is 23.0 Å². The molecule has 0 atom stereocenters. The molecule has 0 fully saturated rings. The smallest absolute Gasteiger partial charge is 0.135 e. The SMILES string of the molecule is c1ccc2c(c1)Oc1ccc(-c3c4ccccc4c(-c4ccc5c(c4)Oc4cccc6cccc-5c46)c4ccc(-c5ccc6ccccc6c5)cc34)c3cccc-2c13. The fourth-order valence-corrected chi connectivity index (χ4v) is 9.85. The van der Waals surface area contributed by atoms with Crippen molar-refractivity contribution in [2.75, 3.05) is 0 Å². The summed E-state index contributed by atoms with van der Waals surface area (Å²) in [6, 6.07) is 70.4. The second-order valence-corrected chi connectivity index (χ2v) is 15.5. The Morgan fingerprint density at radius 1 is 0.241 bits per heavy atom. The molecule has 2 aliphatic heterocycles. The maximum absolute atomic E-state index is 6.74. The van der Waals surface area contributed by atoms with Crippen LogP contribution in [0.25, 0.3) is 109 Å². The average molecular weight is 737 g/mol. The van der Waals surface area contributed by atoms with Crippen LogP contribution in [0, 0.1) is 0 Å². The van der Waals surface area contributed by atoms with E-state index >= 15 is 0 Å². The lowest BCUT2D eigenvalue weighted by atomic mass is 9.82. The molecule has 0 unspecified atom stereocenters. The summed E-state index contributed by atoms with van der Waals surface area (Å²) in [7, 11) is 0. The Morgan fingerprint density at radius 3 is 1.72 bits per heavy atom. The van der Waals surface area contributed by atoms with Crippen molar-refractivity contribution in [3.05, 3.63) is 194 Å². The monoisotopic (exact) mass is 736 g/mol. The van der Waals surface area contributed by atoms with Gasteiger partial charge in [-0.05, 0) is 136 Å². The molecule has 0 aromatic heterocycles. The first-order chi connectivity index (χ1) is 28.7. The normalized spacial score (nSPS) is 12.4. The van der Waals surface area contributed by atoms with Crippen LogP contribution in [0.3, 0.4) is 0 Å². The second kappa shape index (κ2) is 11.9. The molecule has 0 spiro atoms. The third-order valence-electron chi connectivity index (χ3n) is 12.4. The van der Waals surface area contributed by atoms with Crippen molar-refractivity contribution in [3.63, 3.8) is 0 Å². The number of fused-ring (bicyclic) bond motifs is 7. The number of hydrogen-bond acceptors (Lipinski definition) is 2. The summed E-state index contributed by atoms with van der Waals surface area (Å²) in [6.45, 7) is 0. The van der Waals surface area contributed by atoms with E-state index < -0.39 is 0 Å². The fraction of sp³-hybridized carbons (Fsp3) is 0. The molecule has 2 heterocycles. The molecule has 0 amide bonds. The van der Waals surface area contributed by atoms with Gasteiger partial charge >= 0.3 is 0 Å². The lowest BCUT2D eigenvalue weighted by molar-refractivity contribution is 0.487. The van der Waals surface area contributed by atoms with Gasteiger partial charge in [0.25, 0.3) is 0 Å². The van der Waals surface area contributed by atoms with Gasteiger partial charge in [-0.25, -0.2) is 0 Å². The van der Waals surface area contributed by atoms with Crippen molar-refractivity contribution in [2.24, 2.45) is 0 Å². The molecule has 2 aliphatic rings. The molecule has 13 rings (SSSR count). The van der Waals surface area contributed by atoms with Gasteiger partial charge in [0, 0.05) is 21.9 Å². The Hall–Kier alpha value is -7.68. The molecule has 11 aromatic carbocycles. The van der Waals surface area contributed by atoms with Crippen LogP contribution in [0.2, 0.25) is 0 Å². The Bertz CT molecular complexity index is 3570. The Labute approximate surface area is 334 Å². The minimum Gasteiger partial charge on any atom is -0.456 e. The van der Waals surface area contributed by atoms with E-state index in [0.29, 0.717) is 0 Å². The molecular formula is C56H32O2. The van der Waals surface area contributed by atoms with E-state index in [1.165, 1.54) is 87.4 Å². The zero-order valence-corrected chi connectivity index (χ0v) is 31.3. The molecule has 0 N–H and O–H groups in total. The second-order valence-electron chi connectivity index (χ2n) is 15.5. The number of ether oxygens (including phenoxy) is 2. The van der Waals surface area contributed by atoms with E-state index in [1.54, 1.807) is 0 Å². The molecule has 2 nitrogen and oxygen atoms in total. The third kappa shape index (κ3) is 4.48. The van der Waals surface area contributed by atoms with Crippen LogP contribution < -0.4 is 9.47 Å². The van der Waals surface area contributed by atoms with Gasteiger partial charge in [0.1, 0.15) is 23.0 Å². The lowest BCUT2D eigenvalue weighted by Crippen LogP contribution is -1.99. The molecule has 58 heavy (non-hydrogen) atoms. The first kappa shape index (κ1) is 31.5. The highest BCUT2D eigenvalue weighted by molar-refractivity contribution is 6.25. The summed E-state index contributed by atoms with van der Waals surface area (Å²) in [5.41, 5.74) is 11.7. The van der Waals surface area contributed by atoms with Gasteiger partial charge in [-0.3, -0.25) is 0 Å². The quantitative estimate of drug-likeness (QED) is 0.168. The van der Waals surface area contributed by atoms with E-state index in [1.807, 2.05) is 6.07 Å².